The maximum absolute atomic E-state index is 15.7. The number of H-pyrrole nitrogens is 1. The van der Waals surface area contributed by atoms with Crippen molar-refractivity contribution in [3.63, 3.8) is 0 Å². The molecule has 2 aliphatic heterocycles. The van der Waals surface area contributed by atoms with Crippen molar-refractivity contribution >= 4 is 45.5 Å². The molecule has 3 atom stereocenters. The molecule has 0 unspecified atom stereocenters. The van der Waals surface area contributed by atoms with Crippen molar-refractivity contribution in [2.45, 2.75) is 95.7 Å². The highest BCUT2D eigenvalue weighted by atomic mass is 32.2. The number of carbonyl (C=O) groups is 1. The first kappa shape index (κ1) is 32.8. The maximum atomic E-state index is 15.7. The van der Waals surface area contributed by atoms with Gasteiger partial charge in [-0.15, -0.1) is 0 Å². The number of fused-ring (bicyclic) bond motifs is 4. The zero-order chi connectivity index (χ0) is 34.9. The van der Waals surface area contributed by atoms with Gasteiger partial charge in [0.05, 0.1) is 23.8 Å². The Bertz CT molecular complexity index is 2110. The second-order valence-corrected chi connectivity index (χ2v) is 16.0. The lowest BCUT2D eigenvalue weighted by molar-refractivity contribution is 0.0214. The summed E-state index contributed by atoms with van der Waals surface area (Å²) in [5, 5.41) is 9.74. The van der Waals surface area contributed by atoms with Crippen LogP contribution in [0, 0.1) is 12.7 Å². The van der Waals surface area contributed by atoms with Crippen LogP contribution in [0.15, 0.2) is 53.8 Å². The van der Waals surface area contributed by atoms with Gasteiger partial charge in [0.25, 0.3) is 0 Å². The first-order chi connectivity index (χ1) is 24.0. The van der Waals surface area contributed by atoms with Gasteiger partial charge in [-0.25, -0.2) is 19.2 Å². The molecule has 3 aromatic carbocycles. The first-order valence-corrected chi connectivity index (χ1v) is 18.6. The number of hydrogen-bond donors (Lipinski definition) is 1. The molecule has 5 aromatic rings. The Morgan fingerprint density at radius 1 is 1.08 bits per heavy atom. The second kappa shape index (κ2) is 12.4. The van der Waals surface area contributed by atoms with Crippen molar-refractivity contribution in [2.75, 3.05) is 23.7 Å². The SMILES string of the molecule is CCSc1nc(N2C[C@@H]3C[C@H]2CN3C(=O)OC(C)(C)C)c2cc(C3CC3)c(-c3c(C)c(F)cc4[nH]ncc34)c(O[C@@H](C)c3ccccc3)c2n1. The predicted octanol–water partition coefficient (Wildman–Crippen LogP) is 8.95. The number of aromatic nitrogens is 4. The van der Waals surface area contributed by atoms with Crippen molar-refractivity contribution in [3.05, 3.63) is 71.2 Å². The number of ether oxygens (including phenoxy) is 2. The molecule has 9 nitrogen and oxygen atoms in total. The van der Waals surface area contributed by atoms with Gasteiger partial charge < -0.3 is 19.3 Å². The fourth-order valence-corrected chi connectivity index (χ4v) is 8.21. The Balaban J connectivity index is 1.34. The van der Waals surface area contributed by atoms with Gasteiger partial charge >= 0.3 is 6.09 Å². The van der Waals surface area contributed by atoms with Gasteiger partial charge in [0.2, 0.25) is 0 Å². The maximum Gasteiger partial charge on any atom is 0.410 e. The zero-order valence-corrected chi connectivity index (χ0v) is 30.2. The van der Waals surface area contributed by atoms with Crippen LogP contribution in [0.4, 0.5) is 15.0 Å². The molecule has 8 rings (SSSR count). The Kier molecular flexibility index (Phi) is 8.16. The summed E-state index contributed by atoms with van der Waals surface area (Å²) in [5.41, 5.74) is 5.15. The van der Waals surface area contributed by atoms with Crippen molar-refractivity contribution in [3.8, 4) is 16.9 Å². The van der Waals surface area contributed by atoms with Crippen molar-refractivity contribution < 1.29 is 18.7 Å². The summed E-state index contributed by atoms with van der Waals surface area (Å²) in [4.78, 5) is 27.8. The van der Waals surface area contributed by atoms with Crippen LogP contribution in [-0.4, -0.2) is 67.7 Å². The van der Waals surface area contributed by atoms with E-state index >= 15 is 4.39 Å². The number of aromatic amines is 1. The normalized spacial score (nSPS) is 19.5. The second-order valence-electron chi connectivity index (χ2n) is 14.8. The van der Waals surface area contributed by atoms with Crippen LogP contribution >= 0.6 is 11.8 Å². The standard InChI is InChI=1S/C39H43FN6O3S/c1-7-50-37-42-34-28(36(43-37)45-19-26-15-25(45)20-46(26)38(47)49-39(4,5)6)16-27(24-13-14-24)33(35(34)48-22(3)23-11-9-8-10-12-23)32-21(2)30(40)17-31-29(32)18-41-44-31/h8-12,16-18,22,24-26H,7,13-15,19-20H2,1-6H3,(H,41,44)/t22-,25-,26-/m0/s1. The number of anilines is 1. The molecular weight excluding hydrogens is 652 g/mol. The lowest BCUT2D eigenvalue weighted by Crippen LogP contribution is -2.50. The monoisotopic (exact) mass is 694 g/mol. The fourth-order valence-electron chi connectivity index (χ4n) is 7.65. The number of halogens is 1. The average Bonchev–Trinajstić information content (AvgIpc) is 3.47. The van der Waals surface area contributed by atoms with E-state index in [4.69, 9.17) is 19.4 Å². The summed E-state index contributed by atoms with van der Waals surface area (Å²) in [6.07, 6.45) is 4.13. The number of hydrogen-bond acceptors (Lipinski definition) is 8. The van der Waals surface area contributed by atoms with Crippen LogP contribution in [0.25, 0.3) is 32.9 Å². The summed E-state index contributed by atoms with van der Waals surface area (Å²) in [6.45, 7) is 12.9. The Labute approximate surface area is 295 Å². The van der Waals surface area contributed by atoms with Gasteiger partial charge in [-0.05, 0) is 94.4 Å². The molecule has 3 fully saturated rings. The van der Waals surface area contributed by atoms with Gasteiger partial charge in [-0.3, -0.25) is 5.10 Å². The molecule has 0 radical (unpaired) electrons. The molecule has 2 aromatic heterocycles. The van der Waals surface area contributed by atoms with Gasteiger partial charge in [0.1, 0.15) is 28.9 Å². The lowest BCUT2D eigenvalue weighted by atomic mass is 9.88. The molecule has 1 saturated carbocycles. The van der Waals surface area contributed by atoms with Crippen LogP contribution in [-0.2, 0) is 4.74 Å². The van der Waals surface area contributed by atoms with E-state index in [9.17, 15) is 4.79 Å². The number of thioether (sulfide) groups is 1. The molecule has 2 saturated heterocycles. The summed E-state index contributed by atoms with van der Waals surface area (Å²) in [5.74, 6) is 2.29. The van der Waals surface area contributed by atoms with E-state index in [2.05, 4.69) is 47.1 Å². The Morgan fingerprint density at radius 3 is 2.54 bits per heavy atom. The number of nitrogens with one attached hydrogen (secondary N) is 1. The molecule has 1 N–H and O–H groups in total. The molecule has 1 aliphatic carbocycles. The minimum absolute atomic E-state index is 0.0301. The van der Waals surface area contributed by atoms with Crippen LogP contribution < -0.4 is 9.64 Å². The van der Waals surface area contributed by atoms with Gasteiger partial charge in [0.15, 0.2) is 10.9 Å². The third kappa shape index (κ3) is 5.83. The Morgan fingerprint density at radius 2 is 1.86 bits per heavy atom. The van der Waals surface area contributed by atoms with Crippen molar-refractivity contribution in [1.82, 2.24) is 25.1 Å². The van der Waals surface area contributed by atoms with E-state index in [0.29, 0.717) is 46.5 Å². The fraction of sp³-hybridized carbons (Fsp3) is 0.436. The average molecular weight is 695 g/mol. The van der Waals surface area contributed by atoms with E-state index in [1.165, 1.54) is 6.07 Å². The Hall–Kier alpha value is -4.38. The van der Waals surface area contributed by atoms with Crippen molar-refractivity contribution in [1.29, 1.82) is 0 Å². The largest absolute Gasteiger partial charge is 0.483 e. The van der Waals surface area contributed by atoms with E-state index in [1.807, 2.05) is 50.8 Å². The number of amides is 1. The number of likely N-dealkylation sites (tertiary alicyclic amines) is 1. The number of carbonyl (C=O) groups excluding carboxylic acids is 1. The van der Waals surface area contributed by atoms with E-state index < -0.39 is 5.60 Å². The summed E-state index contributed by atoms with van der Waals surface area (Å²) in [6, 6.07) is 14.0. The van der Waals surface area contributed by atoms with Gasteiger partial charge in [-0.2, -0.15) is 5.10 Å². The summed E-state index contributed by atoms with van der Waals surface area (Å²) >= 11 is 1.59. The molecule has 0 spiro atoms. The van der Waals surface area contributed by atoms with Crippen LogP contribution in [0.3, 0.4) is 0 Å². The molecule has 3 aliphatic rings. The topological polar surface area (TPSA) is 96.5 Å². The third-order valence-corrected chi connectivity index (χ3v) is 10.9. The highest BCUT2D eigenvalue weighted by Gasteiger charge is 2.48. The summed E-state index contributed by atoms with van der Waals surface area (Å²) < 4.78 is 28.6. The number of piperazine rings is 1. The molecule has 2 bridgehead atoms. The predicted molar refractivity (Wildman–Crippen MR) is 196 cm³/mol. The summed E-state index contributed by atoms with van der Waals surface area (Å²) in [7, 11) is 0. The molecule has 50 heavy (non-hydrogen) atoms. The van der Waals surface area contributed by atoms with Crippen LogP contribution in [0.1, 0.15) is 82.6 Å². The smallest absolute Gasteiger partial charge is 0.410 e. The van der Waals surface area contributed by atoms with E-state index in [1.54, 1.807) is 18.0 Å². The highest BCUT2D eigenvalue weighted by Crippen LogP contribution is 2.54. The molecule has 11 heteroatoms. The molecule has 4 heterocycles. The number of nitrogens with zero attached hydrogens (tertiary/aromatic N) is 5. The minimum Gasteiger partial charge on any atom is -0.483 e. The molecular formula is C39H43FN6O3S. The van der Waals surface area contributed by atoms with Gasteiger partial charge in [-0.1, -0.05) is 49.0 Å². The molecule has 1 amide bonds. The van der Waals surface area contributed by atoms with Gasteiger partial charge in [0, 0.05) is 35.0 Å². The minimum atomic E-state index is -0.556. The third-order valence-electron chi connectivity index (χ3n) is 10.1. The zero-order valence-electron chi connectivity index (χ0n) is 29.4. The van der Waals surface area contributed by atoms with Crippen LogP contribution in [0.2, 0.25) is 0 Å². The number of benzene rings is 3. The quantitative estimate of drug-likeness (QED) is 0.127. The van der Waals surface area contributed by atoms with Crippen molar-refractivity contribution in [2.24, 2.45) is 0 Å². The number of rotatable bonds is 8. The lowest BCUT2D eigenvalue weighted by Gasteiger charge is -2.36. The first-order valence-electron chi connectivity index (χ1n) is 17.6. The highest BCUT2D eigenvalue weighted by molar-refractivity contribution is 7.99. The van der Waals surface area contributed by atoms with Crippen LogP contribution in [0.5, 0.6) is 5.75 Å². The van der Waals surface area contributed by atoms with E-state index in [-0.39, 0.29) is 30.1 Å². The molecule has 260 valence electrons. The van der Waals surface area contributed by atoms with E-state index in [0.717, 1.165) is 63.9 Å².